The minimum absolute atomic E-state index is 0.147. The number of carbonyl (C=O) groups excluding carboxylic acids is 1. The number of aliphatic hydroxyl groups excluding tert-OH is 1. The van der Waals surface area contributed by atoms with Crippen molar-refractivity contribution in [1.82, 2.24) is 4.90 Å². The van der Waals surface area contributed by atoms with E-state index in [9.17, 15) is 9.90 Å². The second-order valence-corrected chi connectivity index (χ2v) is 7.71. The zero-order chi connectivity index (χ0) is 17.9. The smallest absolute Gasteiger partial charge is 0.226 e. The van der Waals surface area contributed by atoms with Gasteiger partial charge in [0.05, 0.1) is 16.8 Å². The molecule has 134 valence electrons. The van der Waals surface area contributed by atoms with Gasteiger partial charge in [0.2, 0.25) is 5.91 Å². The Hall–Kier alpha value is -1.26. The second-order valence-electron chi connectivity index (χ2n) is 7.30. The SMILES string of the molecule is Cc1cc(C[C@@H](CC(C)O)C(=O)N2CCC(C)CC2)cc(Cl)c1N. The second kappa shape index (κ2) is 8.21. The number of rotatable bonds is 5. The molecule has 0 aliphatic carbocycles. The highest BCUT2D eigenvalue weighted by molar-refractivity contribution is 6.33. The van der Waals surface area contributed by atoms with Gasteiger partial charge in [-0.1, -0.05) is 24.6 Å². The predicted molar refractivity (Wildman–Crippen MR) is 99.1 cm³/mol. The Labute approximate surface area is 150 Å². The first-order valence-corrected chi connectivity index (χ1v) is 9.17. The van der Waals surface area contributed by atoms with E-state index < -0.39 is 6.10 Å². The molecule has 0 saturated carbocycles. The molecule has 0 bridgehead atoms. The molecule has 1 saturated heterocycles. The first-order chi connectivity index (χ1) is 11.3. The summed E-state index contributed by atoms with van der Waals surface area (Å²) < 4.78 is 0. The van der Waals surface area contributed by atoms with Crippen LogP contribution >= 0.6 is 11.6 Å². The maximum absolute atomic E-state index is 12.9. The number of aliphatic hydroxyl groups is 1. The van der Waals surface area contributed by atoms with Crippen molar-refractivity contribution in [3.05, 3.63) is 28.3 Å². The molecule has 1 amide bonds. The van der Waals surface area contributed by atoms with Gasteiger partial charge in [-0.2, -0.15) is 0 Å². The highest BCUT2D eigenvalue weighted by atomic mass is 35.5. The van der Waals surface area contributed by atoms with E-state index in [-0.39, 0.29) is 11.8 Å². The molecule has 1 aromatic carbocycles. The van der Waals surface area contributed by atoms with Crippen LogP contribution in [-0.2, 0) is 11.2 Å². The van der Waals surface area contributed by atoms with Crippen molar-refractivity contribution in [3.63, 3.8) is 0 Å². The van der Waals surface area contributed by atoms with Crippen molar-refractivity contribution < 1.29 is 9.90 Å². The molecule has 1 aliphatic rings. The van der Waals surface area contributed by atoms with Gasteiger partial charge < -0.3 is 15.7 Å². The van der Waals surface area contributed by atoms with Gasteiger partial charge in [-0.25, -0.2) is 0 Å². The van der Waals surface area contributed by atoms with Crippen LogP contribution in [0.15, 0.2) is 12.1 Å². The monoisotopic (exact) mass is 352 g/mol. The predicted octanol–water partition coefficient (Wildman–Crippen LogP) is 3.42. The molecular weight excluding hydrogens is 324 g/mol. The Kier molecular flexibility index (Phi) is 6.53. The fourth-order valence-corrected chi connectivity index (χ4v) is 3.69. The quantitative estimate of drug-likeness (QED) is 0.798. The third-order valence-corrected chi connectivity index (χ3v) is 5.26. The number of anilines is 1. The largest absolute Gasteiger partial charge is 0.397 e. The summed E-state index contributed by atoms with van der Waals surface area (Å²) in [5.41, 5.74) is 8.41. The third-order valence-electron chi connectivity index (χ3n) is 4.95. The van der Waals surface area contributed by atoms with Crippen molar-refractivity contribution in [2.75, 3.05) is 18.8 Å². The first kappa shape index (κ1) is 19.1. The number of benzene rings is 1. The lowest BCUT2D eigenvalue weighted by atomic mass is 9.90. The van der Waals surface area contributed by atoms with Crippen molar-refractivity contribution in [2.24, 2.45) is 11.8 Å². The summed E-state index contributed by atoms with van der Waals surface area (Å²) >= 11 is 6.18. The van der Waals surface area contributed by atoms with Crippen molar-refractivity contribution in [3.8, 4) is 0 Å². The van der Waals surface area contributed by atoms with Gasteiger partial charge in [0.15, 0.2) is 0 Å². The first-order valence-electron chi connectivity index (χ1n) is 8.79. The van der Waals surface area contributed by atoms with Crippen LogP contribution in [0.3, 0.4) is 0 Å². The highest BCUT2D eigenvalue weighted by Gasteiger charge is 2.28. The van der Waals surface area contributed by atoms with Gasteiger partial charge >= 0.3 is 0 Å². The summed E-state index contributed by atoms with van der Waals surface area (Å²) in [5, 5.41) is 10.4. The summed E-state index contributed by atoms with van der Waals surface area (Å²) in [7, 11) is 0. The topological polar surface area (TPSA) is 66.6 Å². The van der Waals surface area contributed by atoms with Crippen LogP contribution in [0.2, 0.25) is 5.02 Å². The summed E-state index contributed by atoms with van der Waals surface area (Å²) in [6.07, 6.45) is 2.65. The number of hydrogen-bond acceptors (Lipinski definition) is 3. The lowest BCUT2D eigenvalue weighted by Crippen LogP contribution is -2.42. The Morgan fingerprint density at radius 1 is 1.42 bits per heavy atom. The van der Waals surface area contributed by atoms with E-state index >= 15 is 0 Å². The van der Waals surface area contributed by atoms with E-state index in [1.807, 2.05) is 24.0 Å². The Bertz CT molecular complexity index is 558. The number of carbonyl (C=O) groups is 1. The number of likely N-dealkylation sites (tertiary alicyclic amines) is 1. The number of nitrogen functional groups attached to an aromatic ring is 1. The standard InChI is InChI=1S/C19H29ClN2O2/c1-12-4-6-22(7-5-12)19(24)16(9-14(3)23)10-15-8-13(2)18(21)17(20)11-15/h8,11-12,14,16,23H,4-7,9-10,21H2,1-3H3/t14?,16-/m1/s1. The summed E-state index contributed by atoms with van der Waals surface area (Å²) in [4.78, 5) is 14.9. The molecular formula is C19H29ClN2O2. The number of hydrogen-bond donors (Lipinski definition) is 2. The van der Waals surface area contributed by atoms with E-state index in [2.05, 4.69) is 6.92 Å². The molecule has 0 radical (unpaired) electrons. The summed E-state index contributed by atoms with van der Waals surface area (Å²) in [6, 6.07) is 3.83. The normalized spacial score (nSPS) is 18.5. The molecule has 24 heavy (non-hydrogen) atoms. The molecule has 3 N–H and O–H groups in total. The number of aryl methyl sites for hydroxylation is 1. The molecule has 1 unspecified atom stereocenters. The molecule has 4 nitrogen and oxygen atoms in total. The molecule has 5 heteroatoms. The van der Waals surface area contributed by atoms with E-state index in [0.29, 0.717) is 29.5 Å². The molecule has 1 aromatic rings. The number of piperidine rings is 1. The Morgan fingerprint density at radius 3 is 2.58 bits per heavy atom. The number of nitrogens with two attached hydrogens (primary N) is 1. The van der Waals surface area contributed by atoms with Crippen LogP contribution in [0.25, 0.3) is 0 Å². The van der Waals surface area contributed by atoms with Gasteiger partial charge in [0.1, 0.15) is 0 Å². The van der Waals surface area contributed by atoms with Gasteiger partial charge in [-0.05, 0) is 62.6 Å². The molecule has 1 fully saturated rings. The molecule has 1 aliphatic heterocycles. The van der Waals surface area contributed by atoms with Crippen molar-refractivity contribution in [1.29, 1.82) is 0 Å². The van der Waals surface area contributed by atoms with E-state index in [0.717, 1.165) is 37.1 Å². The van der Waals surface area contributed by atoms with Crippen molar-refractivity contribution >= 4 is 23.2 Å². The molecule has 2 atom stereocenters. The molecule has 2 rings (SSSR count). The van der Waals surface area contributed by atoms with Gasteiger partial charge in [-0.15, -0.1) is 0 Å². The Morgan fingerprint density at radius 2 is 2.04 bits per heavy atom. The average molecular weight is 353 g/mol. The van der Waals surface area contributed by atoms with Crippen LogP contribution in [0.1, 0.15) is 44.2 Å². The van der Waals surface area contributed by atoms with Gasteiger partial charge in [-0.3, -0.25) is 4.79 Å². The Balaban J connectivity index is 2.14. The summed E-state index contributed by atoms with van der Waals surface area (Å²) in [6.45, 7) is 7.52. The highest BCUT2D eigenvalue weighted by Crippen LogP contribution is 2.28. The fourth-order valence-electron chi connectivity index (χ4n) is 3.40. The van der Waals surface area contributed by atoms with Gasteiger partial charge in [0.25, 0.3) is 0 Å². The minimum Gasteiger partial charge on any atom is -0.397 e. The third kappa shape index (κ3) is 4.87. The van der Waals surface area contributed by atoms with Crippen LogP contribution < -0.4 is 5.73 Å². The molecule has 0 aromatic heterocycles. The van der Waals surface area contributed by atoms with Crippen LogP contribution in [0.5, 0.6) is 0 Å². The lowest BCUT2D eigenvalue weighted by Gasteiger charge is -2.33. The number of halogens is 1. The van der Waals surface area contributed by atoms with Gasteiger partial charge in [0, 0.05) is 19.0 Å². The average Bonchev–Trinajstić information content (AvgIpc) is 2.51. The maximum atomic E-state index is 12.9. The fraction of sp³-hybridized carbons (Fsp3) is 0.632. The molecule has 1 heterocycles. The molecule has 0 spiro atoms. The number of amides is 1. The van der Waals surface area contributed by atoms with Crippen LogP contribution in [0.4, 0.5) is 5.69 Å². The zero-order valence-electron chi connectivity index (χ0n) is 14.9. The van der Waals surface area contributed by atoms with E-state index in [4.69, 9.17) is 17.3 Å². The number of nitrogens with zero attached hydrogens (tertiary/aromatic N) is 1. The van der Waals surface area contributed by atoms with E-state index in [1.54, 1.807) is 6.92 Å². The van der Waals surface area contributed by atoms with Crippen LogP contribution in [-0.4, -0.2) is 35.1 Å². The summed E-state index contributed by atoms with van der Waals surface area (Å²) in [5.74, 6) is 0.605. The van der Waals surface area contributed by atoms with Crippen LogP contribution in [0, 0.1) is 18.8 Å². The zero-order valence-corrected chi connectivity index (χ0v) is 15.6. The van der Waals surface area contributed by atoms with Crippen molar-refractivity contribution in [2.45, 2.75) is 52.6 Å². The minimum atomic E-state index is -0.506. The maximum Gasteiger partial charge on any atom is 0.226 e. The van der Waals surface area contributed by atoms with E-state index in [1.165, 1.54) is 0 Å². The lowest BCUT2D eigenvalue weighted by molar-refractivity contribution is -0.137.